The smallest absolute Gasteiger partial charge is 0.326 e. The molecule has 0 radical (unpaired) electrons. The fourth-order valence-electron chi connectivity index (χ4n) is 3.38. The van der Waals surface area contributed by atoms with Gasteiger partial charge in [-0.15, -0.1) is 0 Å². The van der Waals surface area contributed by atoms with Gasteiger partial charge in [-0.05, 0) is 51.5 Å². The van der Waals surface area contributed by atoms with Crippen molar-refractivity contribution in [2.45, 2.75) is 75.5 Å². The zero-order valence-electron chi connectivity index (χ0n) is 22.4. The Morgan fingerprint density at radius 3 is 1.62 bits per heavy atom. The number of guanidine groups is 2. The second-order valence-electron chi connectivity index (χ2n) is 8.91. The molecule has 17 N–H and O–H groups in total. The van der Waals surface area contributed by atoms with Gasteiger partial charge in [0.2, 0.25) is 17.7 Å². The van der Waals surface area contributed by atoms with E-state index in [4.69, 9.17) is 34.4 Å². The van der Waals surface area contributed by atoms with Gasteiger partial charge < -0.3 is 60.6 Å². The number of nitrogens with one attached hydrogen (secondary N) is 3. The van der Waals surface area contributed by atoms with Gasteiger partial charge >= 0.3 is 11.9 Å². The fourth-order valence-corrected chi connectivity index (χ4v) is 3.38. The number of carbonyl (C=O) groups is 5. The maximum atomic E-state index is 13.0. The average molecular weight is 574 g/mol. The highest BCUT2D eigenvalue weighted by Crippen LogP contribution is 2.06. The predicted octanol–water partition coefficient (Wildman–Crippen LogP) is -4.44. The van der Waals surface area contributed by atoms with E-state index < -0.39 is 60.2 Å². The standard InChI is InChI=1S/C22H43N11O7/c23-8-2-1-6-14(20(39)40)32-18(37)13(7-4-10-30-22(27)28)31-19(38)15(11-16(34)35)33-17(36)12(24)5-3-9-29-21(25)26/h12-15H,1-11,23-24H2,(H,31,38)(H,32,37)(H,33,36)(H,34,35)(H,39,40)(H4,25,26,29)(H4,27,28,30)/t12-,13-,14-,15-/m0/s1. The summed E-state index contributed by atoms with van der Waals surface area (Å²) in [4.78, 5) is 69.1. The topological polar surface area (TPSA) is 343 Å². The number of carboxylic acid groups (broad SMARTS) is 2. The zero-order valence-corrected chi connectivity index (χ0v) is 22.4. The van der Waals surface area contributed by atoms with Crippen LogP contribution in [0, 0.1) is 0 Å². The van der Waals surface area contributed by atoms with Gasteiger partial charge in [-0.2, -0.15) is 0 Å². The van der Waals surface area contributed by atoms with Crippen LogP contribution in [0.15, 0.2) is 9.98 Å². The Labute approximate surface area is 231 Å². The summed E-state index contributed by atoms with van der Waals surface area (Å²) in [5, 5.41) is 25.8. The van der Waals surface area contributed by atoms with E-state index in [-0.39, 0.29) is 50.7 Å². The molecule has 0 spiro atoms. The minimum Gasteiger partial charge on any atom is -0.481 e. The van der Waals surface area contributed by atoms with Crippen LogP contribution in [-0.4, -0.2) is 95.6 Å². The van der Waals surface area contributed by atoms with Crippen molar-refractivity contribution >= 4 is 41.6 Å². The summed E-state index contributed by atoms with van der Waals surface area (Å²) in [5.41, 5.74) is 32.3. The molecule has 0 aliphatic rings. The molecule has 0 aromatic heterocycles. The van der Waals surface area contributed by atoms with Crippen molar-refractivity contribution in [2.24, 2.45) is 44.4 Å². The molecule has 0 aromatic carbocycles. The number of carbonyl (C=O) groups excluding carboxylic acids is 3. The van der Waals surface area contributed by atoms with E-state index in [2.05, 4.69) is 25.9 Å². The van der Waals surface area contributed by atoms with Gasteiger partial charge in [-0.1, -0.05) is 0 Å². The highest BCUT2D eigenvalue weighted by Gasteiger charge is 2.31. The first-order valence-corrected chi connectivity index (χ1v) is 12.7. The molecule has 0 fully saturated rings. The molecule has 3 amide bonds. The number of aliphatic imine (C=N–C) groups is 2. The van der Waals surface area contributed by atoms with Crippen molar-refractivity contribution < 1.29 is 34.2 Å². The maximum absolute atomic E-state index is 13.0. The van der Waals surface area contributed by atoms with Crippen molar-refractivity contribution in [3.05, 3.63) is 0 Å². The summed E-state index contributed by atoms with van der Waals surface area (Å²) in [6, 6.07) is -5.22. The van der Waals surface area contributed by atoms with Crippen LogP contribution < -0.4 is 50.4 Å². The summed E-state index contributed by atoms with van der Waals surface area (Å²) in [7, 11) is 0. The van der Waals surface area contributed by atoms with Gasteiger partial charge in [-0.25, -0.2) is 4.79 Å². The van der Waals surface area contributed by atoms with Crippen LogP contribution >= 0.6 is 0 Å². The molecule has 0 saturated carbocycles. The molecule has 228 valence electrons. The Morgan fingerprint density at radius 2 is 1.12 bits per heavy atom. The molecule has 18 heteroatoms. The summed E-state index contributed by atoms with van der Waals surface area (Å²) in [6.07, 6.45) is 0.943. The van der Waals surface area contributed by atoms with Gasteiger partial charge in [0.25, 0.3) is 0 Å². The molecular weight excluding hydrogens is 530 g/mol. The third kappa shape index (κ3) is 16.6. The average Bonchev–Trinajstić information content (AvgIpc) is 2.86. The highest BCUT2D eigenvalue weighted by atomic mass is 16.4. The van der Waals surface area contributed by atoms with Crippen LogP contribution in [0.3, 0.4) is 0 Å². The second-order valence-corrected chi connectivity index (χ2v) is 8.91. The van der Waals surface area contributed by atoms with Crippen molar-refractivity contribution in [3.63, 3.8) is 0 Å². The third-order valence-electron chi connectivity index (χ3n) is 5.46. The molecule has 4 atom stereocenters. The van der Waals surface area contributed by atoms with E-state index in [0.29, 0.717) is 25.8 Å². The first-order valence-electron chi connectivity index (χ1n) is 12.7. The summed E-state index contributed by atoms with van der Waals surface area (Å²) in [5.74, 6) is -5.60. The number of carboxylic acids is 2. The lowest BCUT2D eigenvalue weighted by Crippen LogP contribution is -2.57. The largest absolute Gasteiger partial charge is 0.481 e. The van der Waals surface area contributed by atoms with E-state index in [9.17, 15) is 34.2 Å². The summed E-state index contributed by atoms with van der Waals surface area (Å²) in [6.45, 7) is 0.660. The lowest BCUT2D eigenvalue weighted by molar-refractivity contribution is -0.143. The second kappa shape index (κ2) is 19.8. The third-order valence-corrected chi connectivity index (χ3v) is 5.46. The van der Waals surface area contributed by atoms with Crippen LogP contribution in [0.4, 0.5) is 0 Å². The van der Waals surface area contributed by atoms with Crippen molar-refractivity contribution in [1.29, 1.82) is 0 Å². The fraction of sp³-hybridized carbons (Fsp3) is 0.682. The van der Waals surface area contributed by atoms with Crippen molar-refractivity contribution in [2.75, 3.05) is 19.6 Å². The molecule has 0 rings (SSSR count). The maximum Gasteiger partial charge on any atom is 0.326 e. The van der Waals surface area contributed by atoms with Crippen molar-refractivity contribution in [3.8, 4) is 0 Å². The molecule has 0 aromatic rings. The molecule has 18 nitrogen and oxygen atoms in total. The summed E-state index contributed by atoms with van der Waals surface area (Å²) < 4.78 is 0. The number of hydrogen-bond acceptors (Lipinski definition) is 9. The van der Waals surface area contributed by atoms with Crippen LogP contribution in [0.2, 0.25) is 0 Å². The lowest BCUT2D eigenvalue weighted by Gasteiger charge is -2.24. The Morgan fingerprint density at radius 1 is 0.650 bits per heavy atom. The lowest BCUT2D eigenvalue weighted by atomic mass is 10.1. The Balaban J connectivity index is 5.57. The molecule has 40 heavy (non-hydrogen) atoms. The molecule has 0 bridgehead atoms. The Bertz CT molecular complexity index is 906. The number of amides is 3. The highest BCUT2D eigenvalue weighted by molar-refractivity contribution is 5.95. The van der Waals surface area contributed by atoms with Crippen LogP contribution in [0.25, 0.3) is 0 Å². The van der Waals surface area contributed by atoms with Crippen LogP contribution in [0.5, 0.6) is 0 Å². The SMILES string of the molecule is NCCCC[C@H](NC(=O)[C@H](CCCN=C(N)N)NC(=O)[C@H](CC(=O)O)NC(=O)[C@@H](N)CCCN=C(N)N)C(=O)O. The van der Waals surface area contributed by atoms with E-state index in [1.165, 1.54) is 0 Å². The number of nitrogens with zero attached hydrogens (tertiary/aromatic N) is 2. The van der Waals surface area contributed by atoms with E-state index in [1.54, 1.807) is 0 Å². The Hall–Kier alpha value is -4.19. The molecule has 0 unspecified atom stereocenters. The molecule has 0 heterocycles. The molecular formula is C22H43N11O7. The zero-order chi connectivity index (χ0) is 30.7. The van der Waals surface area contributed by atoms with Crippen LogP contribution in [-0.2, 0) is 24.0 Å². The first kappa shape index (κ1) is 35.8. The monoisotopic (exact) mass is 573 g/mol. The number of aliphatic carboxylic acids is 2. The first-order chi connectivity index (χ1) is 18.8. The minimum atomic E-state index is -1.58. The quantitative estimate of drug-likeness (QED) is 0.0351. The van der Waals surface area contributed by atoms with Gasteiger partial charge in [-0.3, -0.25) is 29.2 Å². The number of unbranched alkanes of at least 4 members (excludes halogenated alkanes) is 1. The van der Waals surface area contributed by atoms with Gasteiger partial charge in [0.15, 0.2) is 11.9 Å². The van der Waals surface area contributed by atoms with Crippen LogP contribution in [0.1, 0.15) is 51.4 Å². The normalized spacial score (nSPS) is 13.6. The van der Waals surface area contributed by atoms with E-state index >= 15 is 0 Å². The predicted molar refractivity (Wildman–Crippen MR) is 146 cm³/mol. The Kier molecular flexibility index (Phi) is 17.7. The number of rotatable bonds is 21. The summed E-state index contributed by atoms with van der Waals surface area (Å²) >= 11 is 0. The van der Waals surface area contributed by atoms with E-state index in [0.717, 1.165) is 0 Å². The molecule has 0 aliphatic carbocycles. The number of nitrogens with two attached hydrogens (primary N) is 6. The number of hydrogen-bond donors (Lipinski definition) is 11. The molecule has 0 saturated heterocycles. The van der Waals surface area contributed by atoms with Gasteiger partial charge in [0.05, 0.1) is 12.5 Å². The van der Waals surface area contributed by atoms with Gasteiger partial charge in [0, 0.05) is 13.1 Å². The van der Waals surface area contributed by atoms with Crippen molar-refractivity contribution in [1.82, 2.24) is 16.0 Å². The minimum absolute atomic E-state index is 0.0263. The van der Waals surface area contributed by atoms with Gasteiger partial charge in [0.1, 0.15) is 18.1 Å². The molecule has 0 aliphatic heterocycles. The van der Waals surface area contributed by atoms with E-state index in [1.807, 2.05) is 0 Å².